The van der Waals surface area contributed by atoms with Gasteiger partial charge in [-0.15, -0.1) is 5.11 Å². The highest BCUT2D eigenvalue weighted by Gasteiger charge is 2.19. The number of aromatic nitrogens is 1. The van der Waals surface area contributed by atoms with Crippen molar-refractivity contribution in [1.29, 1.82) is 0 Å². The first-order valence-electron chi connectivity index (χ1n) is 12.5. The normalized spacial score (nSPS) is 13.7. The Labute approximate surface area is 224 Å². The van der Waals surface area contributed by atoms with E-state index in [1.54, 1.807) is 30.9 Å². The second-order valence-corrected chi connectivity index (χ2v) is 11.3. The zero-order valence-corrected chi connectivity index (χ0v) is 23.2. The third kappa shape index (κ3) is 9.57. The van der Waals surface area contributed by atoms with Gasteiger partial charge in [-0.05, 0) is 63.1 Å². The van der Waals surface area contributed by atoms with Crippen LogP contribution in [0.2, 0.25) is 0 Å². The maximum absolute atomic E-state index is 12.9. The van der Waals surface area contributed by atoms with E-state index in [1.807, 2.05) is 13.8 Å². The van der Waals surface area contributed by atoms with Gasteiger partial charge in [0.15, 0.2) is 15.7 Å². The monoisotopic (exact) mass is 552 g/mol. The van der Waals surface area contributed by atoms with Gasteiger partial charge in [-0.2, -0.15) is 5.11 Å². The number of anilines is 2. The summed E-state index contributed by atoms with van der Waals surface area (Å²) in [5.41, 5.74) is 2.58. The van der Waals surface area contributed by atoms with E-state index < -0.39 is 22.0 Å². The molecule has 2 rings (SSSR count). The molecule has 2 atom stereocenters. The van der Waals surface area contributed by atoms with Crippen LogP contribution in [0.4, 0.5) is 23.0 Å². The zero-order valence-electron chi connectivity index (χ0n) is 22.4. The van der Waals surface area contributed by atoms with Crippen LogP contribution in [0.3, 0.4) is 0 Å². The Hall–Kier alpha value is -2.68. The summed E-state index contributed by atoms with van der Waals surface area (Å²) < 4.78 is 25.7. The lowest BCUT2D eigenvalue weighted by Gasteiger charge is -2.24. The number of azo groups is 1. The molecule has 0 saturated carbocycles. The number of hydrogen-bond donors (Lipinski definition) is 6. The lowest BCUT2D eigenvalue weighted by atomic mass is 10.1. The lowest BCUT2D eigenvalue weighted by Crippen LogP contribution is -2.39. The molecule has 0 fully saturated rings. The molecule has 6 N–H and O–H groups in total. The van der Waals surface area contributed by atoms with E-state index in [9.17, 15) is 23.7 Å². The molecule has 2 unspecified atom stereocenters. The predicted octanol–water partition coefficient (Wildman–Crippen LogP) is 1.76. The molecule has 13 heteroatoms. The maximum Gasteiger partial charge on any atom is 0.179 e. The molecule has 0 bridgehead atoms. The highest BCUT2D eigenvalue weighted by molar-refractivity contribution is 7.91. The fraction of sp³-hybridized carbons (Fsp3) is 0.560. The third-order valence-corrected chi connectivity index (χ3v) is 7.42. The van der Waals surface area contributed by atoms with Crippen LogP contribution < -0.4 is 10.6 Å². The molecule has 212 valence electrons. The molecule has 0 amide bonds. The van der Waals surface area contributed by atoms with E-state index in [1.165, 1.54) is 12.1 Å². The van der Waals surface area contributed by atoms with Crippen molar-refractivity contribution < 1.29 is 28.8 Å². The molecule has 38 heavy (non-hydrogen) atoms. The van der Waals surface area contributed by atoms with E-state index in [2.05, 4.69) is 25.8 Å². The van der Waals surface area contributed by atoms with E-state index in [0.717, 1.165) is 11.1 Å². The quantitative estimate of drug-likeness (QED) is 0.168. The molecule has 1 aromatic carbocycles. The number of benzene rings is 1. The molecule has 0 saturated heterocycles. The van der Waals surface area contributed by atoms with Gasteiger partial charge in [0.2, 0.25) is 0 Å². The second kappa shape index (κ2) is 15.0. The Morgan fingerprint density at radius 1 is 0.895 bits per heavy atom. The minimum atomic E-state index is -3.60. The topological polar surface area (TPSA) is 180 Å². The fourth-order valence-electron chi connectivity index (χ4n) is 3.75. The van der Waals surface area contributed by atoms with Crippen molar-refractivity contribution >= 4 is 32.8 Å². The molecule has 0 aliphatic heterocycles. The van der Waals surface area contributed by atoms with E-state index in [-0.39, 0.29) is 50.0 Å². The van der Waals surface area contributed by atoms with Crippen molar-refractivity contribution in [2.45, 2.75) is 44.8 Å². The zero-order chi connectivity index (χ0) is 28.3. The molecule has 12 nitrogen and oxygen atoms in total. The number of rotatable bonds is 16. The molecule has 0 aliphatic carbocycles. The Morgan fingerprint density at radius 2 is 1.45 bits per heavy atom. The first-order valence-corrected chi connectivity index (χ1v) is 14.2. The molecule has 0 spiro atoms. The third-order valence-electron chi connectivity index (χ3n) is 5.71. The molecule has 1 heterocycles. The Morgan fingerprint density at radius 3 is 1.97 bits per heavy atom. The highest BCUT2D eigenvalue weighted by atomic mass is 32.2. The number of nitrogens with one attached hydrogen (secondary N) is 2. The van der Waals surface area contributed by atoms with Crippen LogP contribution in [0, 0.1) is 13.8 Å². The fourth-order valence-corrected chi connectivity index (χ4v) is 5.03. The number of hydrogen-bond acceptors (Lipinski definition) is 12. The number of nitrogens with zero attached hydrogens (tertiary/aromatic N) is 4. The molecule has 2 aromatic rings. The van der Waals surface area contributed by atoms with Crippen molar-refractivity contribution in [3.05, 3.63) is 35.4 Å². The van der Waals surface area contributed by atoms with Gasteiger partial charge in [-0.1, -0.05) is 0 Å². The van der Waals surface area contributed by atoms with Crippen LogP contribution in [-0.4, -0.2) is 103 Å². The van der Waals surface area contributed by atoms with Crippen LogP contribution in [0.15, 0.2) is 39.4 Å². The van der Waals surface area contributed by atoms with Gasteiger partial charge < -0.3 is 31.1 Å². The smallest absolute Gasteiger partial charge is 0.179 e. The summed E-state index contributed by atoms with van der Waals surface area (Å²) in [6.07, 6.45) is -1.29. The van der Waals surface area contributed by atoms with Gasteiger partial charge in [0.05, 0.1) is 41.8 Å². The predicted molar refractivity (Wildman–Crippen MR) is 147 cm³/mol. The first kappa shape index (κ1) is 31.5. The summed E-state index contributed by atoms with van der Waals surface area (Å²) >= 11 is 0. The van der Waals surface area contributed by atoms with Gasteiger partial charge in [0.1, 0.15) is 11.5 Å². The summed E-state index contributed by atoms with van der Waals surface area (Å²) in [7, 11) is -3.60. The minimum Gasteiger partial charge on any atom is -0.395 e. The second-order valence-electron chi connectivity index (χ2n) is 9.18. The molecular weight excluding hydrogens is 512 g/mol. The first-order chi connectivity index (χ1) is 18.0. The van der Waals surface area contributed by atoms with E-state index >= 15 is 0 Å². The van der Waals surface area contributed by atoms with Gasteiger partial charge >= 0.3 is 0 Å². The number of pyridine rings is 1. The van der Waals surface area contributed by atoms with Crippen LogP contribution in [0.25, 0.3) is 0 Å². The van der Waals surface area contributed by atoms with Crippen molar-refractivity contribution in [1.82, 2.24) is 9.88 Å². The minimum absolute atomic E-state index is 0.0469. The molecule has 1 aromatic heterocycles. The average Bonchev–Trinajstić information content (AvgIpc) is 2.86. The van der Waals surface area contributed by atoms with Crippen LogP contribution in [0.5, 0.6) is 0 Å². The van der Waals surface area contributed by atoms with Crippen molar-refractivity contribution in [3.63, 3.8) is 0 Å². The summed E-state index contributed by atoms with van der Waals surface area (Å²) in [5, 5.41) is 52.4. The summed E-state index contributed by atoms with van der Waals surface area (Å²) in [4.78, 5) is 6.39. The Balaban J connectivity index is 2.22. The molecular formula is C25H40N6O6S. The van der Waals surface area contributed by atoms with Gasteiger partial charge in [-0.25, -0.2) is 13.4 Å². The van der Waals surface area contributed by atoms with E-state index in [4.69, 9.17) is 5.11 Å². The number of sulfone groups is 1. The van der Waals surface area contributed by atoms with Gasteiger partial charge in [-0.3, -0.25) is 4.90 Å². The SMILES string of the molecule is Cc1c(NCCO)nc(NCCO)c(/N=N/c2ccc(S(=O)(=O)CCN(CC(C)O)CC(C)O)cc2)c1C. The maximum atomic E-state index is 12.9. The van der Waals surface area contributed by atoms with Crippen molar-refractivity contribution in [3.8, 4) is 0 Å². The highest BCUT2D eigenvalue weighted by Crippen LogP contribution is 2.34. The van der Waals surface area contributed by atoms with Crippen LogP contribution in [0.1, 0.15) is 25.0 Å². The lowest BCUT2D eigenvalue weighted by molar-refractivity contribution is 0.0873. The van der Waals surface area contributed by atoms with Gasteiger partial charge in [0, 0.05) is 32.7 Å². The average molecular weight is 553 g/mol. The largest absolute Gasteiger partial charge is 0.395 e. The van der Waals surface area contributed by atoms with Crippen LogP contribution in [-0.2, 0) is 9.84 Å². The standard InChI is InChI=1S/C25H40N6O6S/c1-17(34)15-31(16-18(2)35)11-14-38(36,37)22-7-5-21(6-8-22)29-30-23-19(3)20(4)24(26-9-12-32)28-25(23)27-10-13-33/h5-8,17-18,32-35H,9-16H2,1-4H3,(H2,26,27,28)/b30-29+. The van der Waals surface area contributed by atoms with Gasteiger partial charge in [0.25, 0.3) is 0 Å². The number of aliphatic hydroxyl groups is 4. The van der Waals surface area contributed by atoms with Crippen LogP contribution >= 0.6 is 0 Å². The Kier molecular flexibility index (Phi) is 12.5. The van der Waals surface area contributed by atoms with Crippen molar-refractivity contribution in [2.24, 2.45) is 10.2 Å². The Bertz CT molecular complexity index is 1150. The van der Waals surface area contributed by atoms with Crippen molar-refractivity contribution in [2.75, 3.05) is 62.3 Å². The summed E-state index contributed by atoms with van der Waals surface area (Å²) in [5.74, 6) is 0.851. The summed E-state index contributed by atoms with van der Waals surface area (Å²) in [6, 6.07) is 6.07. The number of aliphatic hydroxyl groups excluding tert-OH is 4. The molecule has 0 aliphatic rings. The summed E-state index contributed by atoms with van der Waals surface area (Å²) in [6.45, 7) is 8.13. The van der Waals surface area contributed by atoms with E-state index in [0.29, 0.717) is 29.6 Å². The molecule has 0 radical (unpaired) electrons.